The Bertz CT molecular complexity index is 709. The second-order valence-electron chi connectivity index (χ2n) is 5.09. The second kappa shape index (κ2) is 8.80. The normalized spacial score (nSPS) is 10.0. The number of carboxylic acids is 1. The van der Waals surface area contributed by atoms with Crippen LogP contribution in [0.3, 0.4) is 0 Å². The minimum absolute atomic E-state index is 0.227. The largest absolute Gasteiger partial charge is 0.494 e. The molecule has 1 N–H and O–H groups in total. The highest BCUT2D eigenvalue weighted by Gasteiger charge is 2.06. The van der Waals surface area contributed by atoms with E-state index in [1.165, 1.54) is 12.1 Å². The Morgan fingerprint density at radius 1 is 1.17 bits per heavy atom. The molecule has 0 aliphatic carbocycles. The molecular formula is C18H17ClN2O3. The Balaban J connectivity index is 1.83. The highest BCUT2D eigenvalue weighted by molar-refractivity contribution is 6.30. The van der Waals surface area contributed by atoms with Crippen LogP contribution in [0.2, 0.25) is 5.02 Å². The topological polar surface area (TPSA) is 73.6 Å². The molecule has 0 bridgehead atoms. The minimum atomic E-state index is -0.961. The first-order valence-electron chi connectivity index (χ1n) is 7.44. The molecule has 0 heterocycles. The van der Waals surface area contributed by atoms with Crippen molar-refractivity contribution in [1.29, 1.82) is 5.26 Å². The van der Waals surface area contributed by atoms with Crippen molar-refractivity contribution in [2.75, 3.05) is 24.6 Å². The third kappa shape index (κ3) is 5.18. The maximum Gasteiger partial charge on any atom is 0.335 e. The Morgan fingerprint density at radius 3 is 2.42 bits per heavy atom. The van der Waals surface area contributed by atoms with Crippen LogP contribution in [0.5, 0.6) is 5.75 Å². The summed E-state index contributed by atoms with van der Waals surface area (Å²) in [7, 11) is 0. The predicted molar refractivity (Wildman–Crippen MR) is 92.8 cm³/mol. The molecule has 0 aromatic heterocycles. The van der Waals surface area contributed by atoms with Gasteiger partial charge in [-0.1, -0.05) is 11.6 Å². The molecule has 2 rings (SSSR count). The fourth-order valence-electron chi connectivity index (χ4n) is 2.18. The van der Waals surface area contributed by atoms with Crippen LogP contribution in [0.25, 0.3) is 0 Å². The number of halogens is 1. The Morgan fingerprint density at radius 2 is 1.83 bits per heavy atom. The number of rotatable bonds is 8. The molecule has 0 radical (unpaired) electrons. The molecule has 6 heteroatoms. The van der Waals surface area contributed by atoms with Gasteiger partial charge in [-0.15, -0.1) is 0 Å². The van der Waals surface area contributed by atoms with Crippen LogP contribution in [-0.4, -0.2) is 30.8 Å². The van der Waals surface area contributed by atoms with Crippen LogP contribution < -0.4 is 9.64 Å². The average Bonchev–Trinajstić information content (AvgIpc) is 2.59. The van der Waals surface area contributed by atoms with E-state index in [0.29, 0.717) is 23.9 Å². The number of nitriles is 1. The molecule has 0 fully saturated rings. The molecular weight excluding hydrogens is 328 g/mol. The van der Waals surface area contributed by atoms with Crippen molar-refractivity contribution in [1.82, 2.24) is 0 Å². The SMILES string of the molecule is N#CCN(CCCOc1ccc(C(=O)O)cc1)c1ccc(Cl)cc1. The third-order valence-corrected chi connectivity index (χ3v) is 3.65. The van der Waals surface area contributed by atoms with Crippen LogP contribution in [-0.2, 0) is 0 Å². The van der Waals surface area contributed by atoms with Crippen molar-refractivity contribution in [3.8, 4) is 11.8 Å². The van der Waals surface area contributed by atoms with Gasteiger partial charge in [0.15, 0.2) is 0 Å². The monoisotopic (exact) mass is 344 g/mol. The first-order chi connectivity index (χ1) is 11.6. The van der Waals surface area contributed by atoms with Gasteiger partial charge in [-0.05, 0) is 55.0 Å². The maximum atomic E-state index is 10.8. The van der Waals surface area contributed by atoms with Crippen LogP contribution in [0.1, 0.15) is 16.8 Å². The standard InChI is InChI=1S/C18H17ClN2O3/c19-15-4-6-16(7-5-15)21(12-10-20)11-1-13-24-17-8-2-14(3-9-17)18(22)23/h2-9H,1,11-13H2,(H,22,23). The first kappa shape index (κ1) is 17.6. The van der Waals surface area contributed by atoms with Crippen LogP contribution in [0.15, 0.2) is 48.5 Å². The molecule has 2 aromatic rings. The van der Waals surface area contributed by atoms with Crippen molar-refractivity contribution in [2.45, 2.75) is 6.42 Å². The van der Waals surface area contributed by atoms with E-state index in [4.69, 9.17) is 26.7 Å². The van der Waals surface area contributed by atoms with Crippen molar-refractivity contribution in [3.05, 3.63) is 59.1 Å². The Labute approximate surface area is 145 Å². The number of benzene rings is 2. The zero-order valence-corrected chi connectivity index (χ0v) is 13.7. The zero-order valence-electron chi connectivity index (χ0n) is 13.0. The van der Waals surface area contributed by atoms with E-state index in [-0.39, 0.29) is 12.1 Å². The molecule has 0 spiro atoms. The molecule has 2 aromatic carbocycles. The van der Waals surface area contributed by atoms with E-state index >= 15 is 0 Å². The molecule has 0 unspecified atom stereocenters. The minimum Gasteiger partial charge on any atom is -0.494 e. The number of ether oxygens (including phenoxy) is 1. The number of hydrogen-bond acceptors (Lipinski definition) is 4. The van der Waals surface area contributed by atoms with Crippen molar-refractivity contribution < 1.29 is 14.6 Å². The van der Waals surface area contributed by atoms with Crippen molar-refractivity contribution in [3.63, 3.8) is 0 Å². The molecule has 0 saturated heterocycles. The second-order valence-corrected chi connectivity index (χ2v) is 5.52. The smallest absolute Gasteiger partial charge is 0.335 e. The van der Waals surface area contributed by atoms with Gasteiger partial charge >= 0.3 is 5.97 Å². The van der Waals surface area contributed by atoms with E-state index in [1.807, 2.05) is 17.0 Å². The molecule has 0 aliphatic heterocycles. The van der Waals surface area contributed by atoms with Crippen LogP contribution in [0.4, 0.5) is 5.69 Å². The quantitative estimate of drug-likeness (QED) is 0.581. The highest BCUT2D eigenvalue weighted by Crippen LogP contribution is 2.18. The van der Waals surface area contributed by atoms with Gasteiger partial charge in [-0.2, -0.15) is 5.26 Å². The number of carboxylic acid groups (broad SMARTS) is 1. The van der Waals surface area contributed by atoms with Gasteiger partial charge in [0.1, 0.15) is 12.3 Å². The van der Waals surface area contributed by atoms with E-state index in [2.05, 4.69) is 6.07 Å². The van der Waals surface area contributed by atoms with Gasteiger partial charge in [0.25, 0.3) is 0 Å². The van der Waals surface area contributed by atoms with E-state index in [9.17, 15) is 4.79 Å². The number of hydrogen-bond donors (Lipinski definition) is 1. The maximum absolute atomic E-state index is 10.8. The lowest BCUT2D eigenvalue weighted by atomic mass is 10.2. The lowest BCUT2D eigenvalue weighted by Crippen LogP contribution is -2.25. The highest BCUT2D eigenvalue weighted by atomic mass is 35.5. The summed E-state index contributed by atoms with van der Waals surface area (Å²) in [4.78, 5) is 12.7. The lowest BCUT2D eigenvalue weighted by Gasteiger charge is -2.21. The fourth-order valence-corrected chi connectivity index (χ4v) is 2.30. The molecule has 0 saturated carbocycles. The number of nitrogens with zero attached hydrogens (tertiary/aromatic N) is 2. The Hall–Kier alpha value is -2.71. The average molecular weight is 345 g/mol. The van der Waals surface area contributed by atoms with Crippen molar-refractivity contribution >= 4 is 23.3 Å². The van der Waals surface area contributed by atoms with Crippen LogP contribution >= 0.6 is 11.6 Å². The van der Waals surface area contributed by atoms with E-state index in [1.54, 1.807) is 24.3 Å². The van der Waals surface area contributed by atoms with Gasteiger partial charge in [-0.25, -0.2) is 4.79 Å². The summed E-state index contributed by atoms with van der Waals surface area (Å²) in [6, 6.07) is 15.8. The number of aromatic carboxylic acids is 1. The number of anilines is 1. The van der Waals surface area contributed by atoms with Gasteiger partial charge in [0.05, 0.1) is 18.2 Å². The van der Waals surface area contributed by atoms with Crippen LogP contribution in [0, 0.1) is 11.3 Å². The van der Waals surface area contributed by atoms with Gasteiger partial charge in [0, 0.05) is 17.3 Å². The summed E-state index contributed by atoms with van der Waals surface area (Å²) in [6.07, 6.45) is 0.727. The summed E-state index contributed by atoms with van der Waals surface area (Å²) in [5, 5.41) is 18.5. The fraction of sp³-hybridized carbons (Fsp3) is 0.222. The predicted octanol–water partition coefficient (Wildman–Crippen LogP) is 3.84. The molecule has 124 valence electrons. The summed E-state index contributed by atoms with van der Waals surface area (Å²) in [6.45, 7) is 1.43. The van der Waals surface area contributed by atoms with E-state index in [0.717, 1.165) is 12.1 Å². The number of carbonyl (C=O) groups is 1. The molecule has 0 atom stereocenters. The molecule has 5 nitrogen and oxygen atoms in total. The summed E-state index contributed by atoms with van der Waals surface area (Å²) in [5.74, 6) is -0.338. The molecule has 0 amide bonds. The Kier molecular flexibility index (Phi) is 6.47. The lowest BCUT2D eigenvalue weighted by molar-refractivity contribution is 0.0697. The van der Waals surface area contributed by atoms with Crippen molar-refractivity contribution in [2.24, 2.45) is 0 Å². The van der Waals surface area contributed by atoms with Gasteiger partial charge < -0.3 is 14.7 Å². The molecule has 0 aliphatic rings. The zero-order chi connectivity index (χ0) is 17.4. The van der Waals surface area contributed by atoms with Gasteiger partial charge in [0.2, 0.25) is 0 Å². The summed E-state index contributed by atoms with van der Waals surface area (Å²) in [5.41, 5.74) is 1.16. The molecule has 24 heavy (non-hydrogen) atoms. The van der Waals surface area contributed by atoms with E-state index < -0.39 is 5.97 Å². The first-order valence-corrected chi connectivity index (χ1v) is 7.81. The summed E-state index contributed by atoms with van der Waals surface area (Å²) < 4.78 is 5.60. The van der Waals surface area contributed by atoms with Gasteiger partial charge in [-0.3, -0.25) is 0 Å². The summed E-state index contributed by atoms with van der Waals surface area (Å²) >= 11 is 5.88. The third-order valence-electron chi connectivity index (χ3n) is 3.40.